The molecule has 60 heavy (non-hydrogen) atoms. The minimum Gasteiger partial charge on any atom is -0.440 e. The lowest BCUT2D eigenvalue weighted by atomic mass is 9.33. The second-order valence-corrected chi connectivity index (χ2v) is 21.5. The average Bonchev–Trinajstić information content (AvgIpc) is 3.56. The number of hydrogen-bond donors (Lipinski definition) is 0. The number of fused-ring (bicyclic) bond motifs is 7. The average molecular weight is 787 g/mol. The zero-order valence-corrected chi connectivity index (χ0v) is 37.8. The van der Waals surface area contributed by atoms with Gasteiger partial charge in [-0.1, -0.05) is 135 Å². The smallest absolute Gasteiger partial charge is 0.257 e. The van der Waals surface area contributed by atoms with Gasteiger partial charge in [-0.05, 0) is 147 Å². The molecule has 0 atom stereocenters. The molecule has 0 saturated heterocycles. The fraction of sp³-hybridized carbons (Fsp3) is 0.321. The van der Waals surface area contributed by atoms with Gasteiger partial charge in [0.15, 0.2) is 0 Å². The van der Waals surface area contributed by atoms with E-state index in [-0.39, 0.29) is 28.4 Å². The Hall–Kier alpha value is -5.48. The van der Waals surface area contributed by atoms with E-state index in [0.717, 1.165) is 30.0 Å². The summed E-state index contributed by atoms with van der Waals surface area (Å²) in [4.78, 5) is 5.07. The Morgan fingerprint density at radius 3 is 1.82 bits per heavy atom. The molecule has 3 nitrogen and oxygen atoms in total. The van der Waals surface area contributed by atoms with Crippen molar-refractivity contribution in [3.63, 3.8) is 0 Å². The highest BCUT2D eigenvalue weighted by Gasteiger charge is 2.49. The van der Waals surface area contributed by atoms with Gasteiger partial charge >= 0.3 is 0 Å². The molecule has 1 aliphatic carbocycles. The summed E-state index contributed by atoms with van der Waals surface area (Å²) in [5, 5.41) is 1.19. The highest BCUT2D eigenvalue weighted by molar-refractivity contribution is 7.01. The summed E-state index contributed by atoms with van der Waals surface area (Å²) in [5.41, 5.74) is 21.5. The number of benzene rings is 6. The van der Waals surface area contributed by atoms with Crippen LogP contribution in [0.3, 0.4) is 0 Å². The van der Waals surface area contributed by atoms with Crippen molar-refractivity contribution in [2.24, 2.45) is 0 Å². The number of aryl methyl sites for hydroxylation is 2. The molecule has 6 aromatic carbocycles. The van der Waals surface area contributed by atoms with Gasteiger partial charge < -0.3 is 9.32 Å². The molecule has 0 amide bonds. The second kappa shape index (κ2) is 13.0. The van der Waals surface area contributed by atoms with Crippen molar-refractivity contribution in [2.75, 3.05) is 9.80 Å². The Morgan fingerprint density at radius 1 is 0.550 bits per heavy atom. The van der Waals surface area contributed by atoms with Gasteiger partial charge in [-0.3, -0.25) is 4.90 Å². The lowest BCUT2D eigenvalue weighted by molar-refractivity contribution is 0.332. The number of rotatable bonds is 3. The molecule has 10 rings (SSSR count). The van der Waals surface area contributed by atoms with Crippen LogP contribution in [-0.2, 0) is 21.7 Å². The highest BCUT2D eigenvalue weighted by Crippen LogP contribution is 2.52. The van der Waals surface area contributed by atoms with Gasteiger partial charge in [0.25, 0.3) is 6.71 Å². The topological polar surface area (TPSA) is 19.6 Å². The monoisotopic (exact) mass is 786 g/mol. The van der Waals surface area contributed by atoms with Crippen LogP contribution < -0.4 is 26.2 Å². The molecule has 7 aromatic rings. The molecule has 302 valence electrons. The van der Waals surface area contributed by atoms with Crippen LogP contribution in [0.5, 0.6) is 0 Å². The minimum atomic E-state index is -0.0369. The molecule has 0 bridgehead atoms. The van der Waals surface area contributed by atoms with Gasteiger partial charge in [0.2, 0.25) is 5.88 Å². The van der Waals surface area contributed by atoms with Crippen molar-refractivity contribution in [1.82, 2.24) is 0 Å². The Morgan fingerprint density at radius 2 is 1.17 bits per heavy atom. The van der Waals surface area contributed by atoms with Gasteiger partial charge in [-0.25, -0.2) is 0 Å². The first-order valence-electron chi connectivity index (χ1n) is 22.1. The van der Waals surface area contributed by atoms with E-state index in [2.05, 4.69) is 208 Å². The normalized spacial score (nSPS) is 16.4. The molecule has 0 unspecified atom stereocenters. The first-order chi connectivity index (χ1) is 28.3. The maximum Gasteiger partial charge on any atom is 0.257 e. The van der Waals surface area contributed by atoms with E-state index in [1.165, 1.54) is 89.0 Å². The van der Waals surface area contributed by atoms with Crippen molar-refractivity contribution >= 4 is 68.4 Å². The van der Waals surface area contributed by atoms with Crippen molar-refractivity contribution in [3.05, 3.63) is 149 Å². The number of hydrogen-bond acceptors (Lipinski definition) is 3. The maximum atomic E-state index is 7.15. The van der Waals surface area contributed by atoms with Crippen LogP contribution >= 0.6 is 0 Å². The molecule has 0 saturated carbocycles. The number of anilines is 6. The summed E-state index contributed by atoms with van der Waals surface area (Å²) in [7, 11) is 0. The molecule has 0 N–H and O–H groups in total. The molecule has 1 aromatic heterocycles. The van der Waals surface area contributed by atoms with Crippen molar-refractivity contribution < 1.29 is 4.42 Å². The van der Waals surface area contributed by atoms with Crippen molar-refractivity contribution in [3.8, 4) is 11.1 Å². The molecule has 0 spiro atoms. The Kier molecular flexibility index (Phi) is 8.40. The predicted octanol–water partition coefficient (Wildman–Crippen LogP) is 13.7. The zero-order valence-electron chi connectivity index (χ0n) is 37.8. The second-order valence-electron chi connectivity index (χ2n) is 21.5. The summed E-state index contributed by atoms with van der Waals surface area (Å²) in [6.07, 6.45) is 2.31. The van der Waals surface area contributed by atoms with E-state index in [1.54, 1.807) is 0 Å². The Balaban J connectivity index is 1.35. The quantitative estimate of drug-likeness (QED) is 0.166. The summed E-state index contributed by atoms with van der Waals surface area (Å²) in [5.74, 6) is 0.921. The van der Waals surface area contributed by atoms with E-state index in [0.29, 0.717) is 0 Å². The Bertz CT molecular complexity index is 2860. The Labute approximate surface area is 358 Å². The third-order valence-corrected chi connectivity index (χ3v) is 14.1. The molecule has 3 aliphatic rings. The molecule has 2 aliphatic heterocycles. The summed E-state index contributed by atoms with van der Waals surface area (Å²) >= 11 is 0. The predicted molar refractivity (Wildman–Crippen MR) is 258 cm³/mol. The molecular weight excluding hydrogens is 727 g/mol. The molecule has 3 heterocycles. The van der Waals surface area contributed by atoms with Crippen LogP contribution in [0.15, 0.2) is 120 Å². The number of furan rings is 1. The van der Waals surface area contributed by atoms with Gasteiger partial charge in [-0.2, -0.15) is 0 Å². The summed E-state index contributed by atoms with van der Waals surface area (Å²) in [6, 6.07) is 44.3. The van der Waals surface area contributed by atoms with E-state index in [4.69, 9.17) is 4.42 Å². The van der Waals surface area contributed by atoms with Crippen LogP contribution in [0.25, 0.3) is 22.1 Å². The molecule has 4 heteroatoms. The van der Waals surface area contributed by atoms with E-state index in [9.17, 15) is 0 Å². The first kappa shape index (κ1) is 38.7. The molecule has 0 radical (unpaired) electrons. The maximum absolute atomic E-state index is 7.15. The lowest BCUT2D eigenvalue weighted by Crippen LogP contribution is -2.61. The summed E-state index contributed by atoms with van der Waals surface area (Å²) < 4.78 is 7.15. The fourth-order valence-electron chi connectivity index (χ4n) is 10.5. The van der Waals surface area contributed by atoms with Crippen LogP contribution in [0.4, 0.5) is 34.3 Å². The van der Waals surface area contributed by atoms with Crippen LogP contribution in [0.2, 0.25) is 0 Å². The third-order valence-electron chi connectivity index (χ3n) is 14.1. The van der Waals surface area contributed by atoms with Crippen LogP contribution in [-0.4, -0.2) is 6.71 Å². The largest absolute Gasteiger partial charge is 0.440 e. The van der Waals surface area contributed by atoms with Crippen molar-refractivity contribution in [1.29, 1.82) is 0 Å². The van der Waals surface area contributed by atoms with E-state index >= 15 is 0 Å². The van der Waals surface area contributed by atoms with Gasteiger partial charge in [0, 0.05) is 39.2 Å². The van der Waals surface area contributed by atoms with E-state index < -0.39 is 0 Å². The standard InChI is InChI=1S/C56H59BN2O/c1-34-18-25-49-41(28-34)50-52(60-49)58(39-22-19-37(20-23-39)53(3,4)5)47-29-35(2)30-48-51(47)57(50)44-32-42-43(56(11,12)27-26-55(42,9)10)33-46(44)59(48)45-24-21-38(54(6,7)8)31-40(45)36-16-14-13-15-17-36/h13-25,28-33H,26-27H2,1-12H3. The zero-order chi connectivity index (χ0) is 42.3. The SMILES string of the molecule is Cc1cc2c3c(c1)N(c1ccc(C(C)(C)C)cc1)c1oc4ccc(C)cc4c1B3c1cc3c(cc1N2c1ccc(C(C)(C)C)cc1-c1ccccc1)C(C)(C)CCC3(C)C. The van der Waals surface area contributed by atoms with Crippen LogP contribution in [0, 0.1) is 13.8 Å². The van der Waals surface area contributed by atoms with E-state index in [1.807, 2.05) is 0 Å². The molecule has 0 fully saturated rings. The molecular formula is C56H59BN2O. The lowest BCUT2D eigenvalue weighted by Gasteiger charge is -2.47. The van der Waals surface area contributed by atoms with Gasteiger partial charge in [0.1, 0.15) is 5.58 Å². The third kappa shape index (κ3) is 5.92. The van der Waals surface area contributed by atoms with Gasteiger partial charge in [-0.15, -0.1) is 0 Å². The minimum absolute atomic E-state index is 0.00987. The van der Waals surface area contributed by atoms with Crippen molar-refractivity contribution in [2.45, 2.75) is 118 Å². The first-order valence-corrected chi connectivity index (χ1v) is 22.1. The summed E-state index contributed by atoms with van der Waals surface area (Å²) in [6.45, 7) is 28.1. The van der Waals surface area contributed by atoms with Gasteiger partial charge in [0.05, 0.1) is 5.69 Å². The number of nitrogens with zero attached hydrogens (tertiary/aromatic N) is 2. The highest BCUT2D eigenvalue weighted by atomic mass is 16.4. The fourth-order valence-corrected chi connectivity index (χ4v) is 10.5. The van der Waals surface area contributed by atoms with Crippen LogP contribution in [0.1, 0.15) is 115 Å².